The van der Waals surface area contributed by atoms with Gasteiger partial charge in [-0.25, -0.2) is 15.0 Å². The van der Waals surface area contributed by atoms with Gasteiger partial charge >= 0.3 is 0 Å². The molecule has 0 bridgehead atoms. The first kappa shape index (κ1) is 9.35. The summed E-state index contributed by atoms with van der Waals surface area (Å²) in [5.41, 5.74) is 3.58. The Labute approximate surface area is 102 Å². The van der Waals surface area contributed by atoms with Crippen molar-refractivity contribution in [2.45, 2.75) is 0 Å². The van der Waals surface area contributed by atoms with E-state index in [4.69, 9.17) is 0 Å². The maximum absolute atomic E-state index is 4.28. The summed E-state index contributed by atoms with van der Waals surface area (Å²) in [5, 5.41) is 1.06. The Balaban J connectivity index is 1.99. The van der Waals surface area contributed by atoms with Gasteiger partial charge in [-0.1, -0.05) is 0 Å². The van der Waals surface area contributed by atoms with E-state index in [0.717, 1.165) is 33.8 Å². The molecule has 5 heteroatoms. The van der Waals surface area contributed by atoms with Gasteiger partial charge in [0.1, 0.15) is 17.2 Å². The second kappa shape index (κ2) is 3.40. The number of rotatable bonds is 1. The highest BCUT2D eigenvalue weighted by molar-refractivity contribution is 5.86. The minimum absolute atomic E-state index is 0.784. The SMILES string of the molecule is [c]1nc(-c2cc3cccnc3[nH]2)c2ccnc-2[nH]1. The molecule has 5 nitrogen and oxygen atoms in total. The predicted molar refractivity (Wildman–Crippen MR) is 66.9 cm³/mol. The zero-order chi connectivity index (χ0) is 11.9. The first-order valence-corrected chi connectivity index (χ1v) is 5.57. The Hall–Kier alpha value is -2.69. The Morgan fingerprint density at radius 2 is 2.11 bits per heavy atom. The average Bonchev–Trinajstić information content (AvgIpc) is 3.04. The van der Waals surface area contributed by atoms with Crippen molar-refractivity contribution in [1.29, 1.82) is 0 Å². The van der Waals surface area contributed by atoms with Gasteiger partial charge in [-0.3, -0.25) is 0 Å². The second-order valence-electron chi connectivity index (χ2n) is 4.03. The number of pyridine rings is 1. The molecule has 0 fully saturated rings. The number of fused-ring (bicyclic) bond motifs is 2. The van der Waals surface area contributed by atoms with Crippen LogP contribution >= 0.6 is 0 Å². The van der Waals surface area contributed by atoms with Crippen LogP contribution in [0.3, 0.4) is 0 Å². The zero-order valence-electron chi connectivity index (χ0n) is 9.31. The highest BCUT2D eigenvalue weighted by Gasteiger charge is 2.14. The molecule has 2 aliphatic heterocycles. The summed E-state index contributed by atoms with van der Waals surface area (Å²) in [5.74, 6) is 0.784. The Morgan fingerprint density at radius 1 is 1.11 bits per heavy atom. The van der Waals surface area contributed by atoms with Crippen molar-refractivity contribution < 1.29 is 0 Å². The predicted octanol–water partition coefficient (Wildman–Crippen LogP) is 2.25. The molecular weight excluding hydrogens is 226 g/mol. The van der Waals surface area contributed by atoms with Gasteiger partial charge in [0.25, 0.3) is 0 Å². The molecule has 0 aromatic carbocycles. The van der Waals surface area contributed by atoms with E-state index in [0.29, 0.717) is 0 Å². The molecule has 2 aromatic rings. The molecule has 18 heavy (non-hydrogen) atoms. The number of H-pyrrole nitrogens is 2. The molecule has 4 rings (SSSR count). The molecule has 0 saturated carbocycles. The summed E-state index contributed by atoms with van der Waals surface area (Å²) in [6, 6.07) is 7.89. The molecular formula is C13H8N5. The van der Waals surface area contributed by atoms with E-state index in [-0.39, 0.29) is 0 Å². The minimum Gasteiger partial charge on any atom is -0.338 e. The Morgan fingerprint density at radius 3 is 3.06 bits per heavy atom. The fourth-order valence-corrected chi connectivity index (χ4v) is 2.11. The van der Waals surface area contributed by atoms with Gasteiger partial charge < -0.3 is 9.97 Å². The van der Waals surface area contributed by atoms with Crippen LogP contribution in [0.5, 0.6) is 0 Å². The number of nitrogens with zero attached hydrogens (tertiary/aromatic N) is 3. The lowest BCUT2D eigenvalue weighted by atomic mass is 10.1. The van der Waals surface area contributed by atoms with Gasteiger partial charge in [0.05, 0.1) is 5.69 Å². The van der Waals surface area contributed by atoms with Crippen molar-refractivity contribution in [2.24, 2.45) is 0 Å². The normalized spacial score (nSPS) is 11.3. The van der Waals surface area contributed by atoms with Crippen molar-refractivity contribution in [1.82, 2.24) is 24.9 Å². The number of nitrogens with one attached hydrogen (secondary N) is 2. The third-order valence-electron chi connectivity index (χ3n) is 2.94. The smallest absolute Gasteiger partial charge is 0.175 e. The molecule has 0 saturated heterocycles. The summed E-state index contributed by atoms with van der Waals surface area (Å²) in [7, 11) is 0. The van der Waals surface area contributed by atoms with E-state index in [1.54, 1.807) is 12.4 Å². The van der Waals surface area contributed by atoms with Crippen LogP contribution in [0.1, 0.15) is 0 Å². The number of hydrogen-bond donors (Lipinski definition) is 2. The number of hydrogen-bond acceptors (Lipinski definition) is 3. The molecule has 0 spiro atoms. The van der Waals surface area contributed by atoms with Crippen LogP contribution in [-0.2, 0) is 0 Å². The molecule has 0 atom stereocenters. The van der Waals surface area contributed by atoms with Crippen LogP contribution in [-0.4, -0.2) is 24.9 Å². The van der Waals surface area contributed by atoms with Crippen LogP contribution in [0.25, 0.3) is 33.8 Å². The van der Waals surface area contributed by atoms with Crippen molar-refractivity contribution in [3.63, 3.8) is 0 Å². The molecule has 2 aromatic heterocycles. The maximum Gasteiger partial charge on any atom is 0.175 e. The van der Waals surface area contributed by atoms with E-state index in [9.17, 15) is 0 Å². The van der Waals surface area contributed by atoms with E-state index in [2.05, 4.69) is 31.2 Å². The van der Waals surface area contributed by atoms with E-state index in [1.165, 1.54) is 0 Å². The maximum atomic E-state index is 4.28. The van der Waals surface area contributed by atoms with Gasteiger partial charge in [0.15, 0.2) is 6.33 Å². The number of aromatic amines is 2. The Bertz CT molecular complexity index is 765. The molecule has 85 valence electrons. The summed E-state index contributed by atoms with van der Waals surface area (Å²) < 4.78 is 0. The Kier molecular flexibility index (Phi) is 1.77. The summed E-state index contributed by atoms with van der Waals surface area (Å²) in [6.07, 6.45) is 6.27. The minimum atomic E-state index is 0.784. The fraction of sp³-hybridized carbons (Fsp3) is 0. The van der Waals surface area contributed by atoms with Gasteiger partial charge in [0, 0.05) is 23.3 Å². The highest BCUT2D eigenvalue weighted by Crippen LogP contribution is 2.29. The standard InChI is InChI=1S/C13H8N5/c1-2-8-6-10(18-12(8)14-4-1)11-9-3-5-15-13(9)17-7-16-11/h1-6H,(H,14,18)(H,15,16,17). The van der Waals surface area contributed by atoms with E-state index in [1.807, 2.05) is 24.3 Å². The fourth-order valence-electron chi connectivity index (χ4n) is 2.11. The van der Waals surface area contributed by atoms with Crippen molar-refractivity contribution in [3.05, 3.63) is 43.0 Å². The molecule has 0 aliphatic carbocycles. The molecule has 2 N–H and O–H groups in total. The largest absolute Gasteiger partial charge is 0.338 e. The average molecular weight is 234 g/mol. The first-order valence-electron chi connectivity index (χ1n) is 5.57. The summed E-state index contributed by atoms with van der Waals surface area (Å²) in [4.78, 5) is 18.9. The quantitative estimate of drug-likeness (QED) is 0.530. The van der Waals surface area contributed by atoms with Crippen LogP contribution in [0.2, 0.25) is 0 Å². The van der Waals surface area contributed by atoms with Gasteiger partial charge in [-0.15, -0.1) is 0 Å². The third kappa shape index (κ3) is 1.24. The number of aromatic nitrogens is 5. The topological polar surface area (TPSA) is 70.2 Å². The monoisotopic (exact) mass is 234 g/mol. The lowest BCUT2D eigenvalue weighted by Crippen LogP contribution is -1.92. The zero-order valence-corrected chi connectivity index (χ0v) is 9.31. The van der Waals surface area contributed by atoms with Crippen LogP contribution in [0.15, 0.2) is 36.7 Å². The molecule has 2 aliphatic rings. The van der Waals surface area contributed by atoms with Crippen LogP contribution in [0.4, 0.5) is 0 Å². The highest BCUT2D eigenvalue weighted by atomic mass is 15.0. The van der Waals surface area contributed by atoms with Crippen LogP contribution in [0, 0.1) is 6.33 Å². The van der Waals surface area contributed by atoms with Crippen molar-refractivity contribution in [3.8, 4) is 22.8 Å². The lowest BCUT2D eigenvalue weighted by molar-refractivity contribution is 1.11. The summed E-state index contributed by atoms with van der Waals surface area (Å²) >= 11 is 0. The van der Waals surface area contributed by atoms with Crippen LogP contribution < -0.4 is 0 Å². The van der Waals surface area contributed by atoms with Crippen molar-refractivity contribution >= 4 is 11.0 Å². The van der Waals surface area contributed by atoms with Crippen molar-refractivity contribution in [2.75, 3.05) is 0 Å². The second-order valence-corrected chi connectivity index (χ2v) is 4.03. The molecule has 4 heterocycles. The van der Waals surface area contributed by atoms with Gasteiger partial charge in [0.2, 0.25) is 0 Å². The molecule has 0 unspecified atom stereocenters. The van der Waals surface area contributed by atoms with E-state index >= 15 is 0 Å². The summed E-state index contributed by atoms with van der Waals surface area (Å²) in [6.45, 7) is 0. The molecule has 1 radical (unpaired) electrons. The van der Waals surface area contributed by atoms with Gasteiger partial charge in [-0.2, -0.15) is 0 Å². The first-order chi connectivity index (χ1) is 8.92. The molecule has 0 amide bonds. The van der Waals surface area contributed by atoms with Gasteiger partial charge in [-0.05, 0) is 24.3 Å². The third-order valence-corrected chi connectivity index (χ3v) is 2.94. The van der Waals surface area contributed by atoms with E-state index < -0.39 is 0 Å². The lowest BCUT2D eigenvalue weighted by Gasteiger charge is -2.02.